The van der Waals surface area contributed by atoms with Gasteiger partial charge in [0.1, 0.15) is 5.82 Å². The number of ether oxygens (including phenoxy) is 1. The summed E-state index contributed by atoms with van der Waals surface area (Å²) in [5.41, 5.74) is 1.76. The number of hydrogen-bond acceptors (Lipinski definition) is 3. The molecule has 1 N–H and O–H groups in total. The summed E-state index contributed by atoms with van der Waals surface area (Å²) in [6.07, 6.45) is 1.81. The van der Waals surface area contributed by atoms with Crippen LogP contribution in [-0.4, -0.2) is 32.8 Å². The zero-order valence-corrected chi connectivity index (χ0v) is 10.5. The highest BCUT2D eigenvalue weighted by Crippen LogP contribution is 2.22. The summed E-state index contributed by atoms with van der Waals surface area (Å²) in [6, 6.07) is 5.27. The number of morpholine rings is 1. The monoisotopic (exact) mass is 250 g/mol. The summed E-state index contributed by atoms with van der Waals surface area (Å²) >= 11 is 0. The molecular formula is C14H19FN2O. The first-order valence-electron chi connectivity index (χ1n) is 6.24. The first-order valence-corrected chi connectivity index (χ1v) is 6.24. The van der Waals surface area contributed by atoms with Crippen molar-refractivity contribution in [2.24, 2.45) is 0 Å². The van der Waals surface area contributed by atoms with Crippen molar-refractivity contribution < 1.29 is 9.13 Å². The first-order chi connectivity index (χ1) is 8.81. The maximum atomic E-state index is 13.8. The van der Waals surface area contributed by atoms with Crippen molar-refractivity contribution in [2.45, 2.75) is 6.54 Å². The van der Waals surface area contributed by atoms with Crippen molar-refractivity contribution in [1.29, 1.82) is 0 Å². The molecule has 1 saturated heterocycles. The molecule has 1 aromatic rings. The van der Waals surface area contributed by atoms with E-state index in [0.717, 1.165) is 31.7 Å². The number of benzene rings is 1. The van der Waals surface area contributed by atoms with Crippen molar-refractivity contribution in [2.75, 3.05) is 37.7 Å². The molecule has 0 aromatic heterocycles. The molecule has 0 saturated carbocycles. The Morgan fingerprint density at radius 2 is 2.17 bits per heavy atom. The zero-order chi connectivity index (χ0) is 12.8. The van der Waals surface area contributed by atoms with Crippen LogP contribution in [0.15, 0.2) is 30.9 Å². The van der Waals surface area contributed by atoms with E-state index in [1.54, 1.807) is 0 Å². The van der Waals surface area contributed by atoms with Crippen LogP contribution in [0.5, 0.6) is 0 Å². The highest BCUT2D eigenvalue weighted by molar-refractivity contribution is 5.50. The average molecular weight is 250 g/mol. The Hall–Kier alpha value is -1.39. The van der Waals surface area contributed by atoms with E-state index in [9.17, 15) is 4.39 Å². The Balaban J connectivity index is 2.07. The highest BCUT2D eigenvalue weighted by atomic mass is 19.1. The zero-order valence-electron chi connectivity index (χ0n) is 10.5. The van der Waals surface area contributed by atoms with Crippen LogP contribution < -0.4 is 10.2 Å². The molecule has 18 heavy (non-hydrogen) atoms. The van der Waals surface area contributed by atoms with Crippen molar-refractivity contribution in [3.05, 3.63) is 42.2 Å². The van der Waals surface area contributed by atoms with Crippen molar-refractivity contribution in [3.63, 3.8) is 0 Å². The fraction of sp³-hybridized carbons (Fsp3) is 0.429. The van der Waals surface area contributed by atoms with Crippen LogP contribution >= 0.6 is 0 Å². The van der Waals surface area contributed by atoms with Crippen LogP contribution in [0.3, 0.4) is 0 Å². The van der Waals surface area contributed by atoms with Gasteiger partial charge in [0, 0.05) is 26.2 Å². The van der Waals surface area contributed by atoms with Gasteiger partial charge in [-0.15, -0.1) is 6.58 Å². The molecule has 1 fully saturated rings. The summed E-state index contributed by atoms with van der Waals surface area (Å²) < 4.78 is 19.1. The maximum absolute atomic E-state index is 13.8. The van der Waals surface area contributed by atoms with E-state index in [1.165, 1.54) is 6.07 Å². The van der Waals surface area contributed by atoms with Crippen molar-refractivity contribution >= 4 is 5.69 Å². The highest BCUT2D eigenvalue weighted by Gasteiger charge is 2.15. The van der Waals surface area contributed by atoms with Crippen LogP contribution in [0, 0.1) is 5.82 Å². The quantitative estimate of drug-likeness (QED) is 0.638. The molecule has 0 radical (unpaired) electrons. The second-order valence-corrected chi connectivity index (χ2v) is 4.30. The van der Waals surface area contributed by atoms with Crippen LogP contribution in [0.2, 0.25) is 0 Å². The molecule has 1 heterocycles. The largest absolute Gasteiger partial charge is 0.378 e. The minimum absolute atomic E-state index is 0.163. The standard InChI is InChI=1S/C14H19FN2O/c1-2-5-16-11-12-3-4-13(15)14(10-12)17-6-8-18-9-7-17/h2-4,10,16H,1,5-9,11H2. The molecule has 0 aliphatic carbocycles. The summed E-state index contributed by atoms with van der Waals surface area (Å²) in [5.74, 6) is -0.163. The normalized spacial score (nSPS) is 15.7. The van der Waals surface area contributed by atoms with E-state index in [0.29, 0.717) is 18.9 Å². The van der Waals surface area contributed by atoms with Gasteiger partial charge in [-0.05, 0) is 17.7 Å². The predicted octanol–water partition coefficient (Wildman–Crippen LogP) is 1.94. The molecule has 1 aromatic carbocycles. The number of anilines is 1. The second-order valence-electron chi connectivity index (χ2n) is 4.30. The molecule has 98 valence electrons. The van der Waals surface area contributed by atoms with Gasteiger partial charge in [-0.2, -0.15) is 0 Å². The van der Waals surface area contributed by atoms with E-state index in [-0.39, 0.29) is 5.82 Å². The van der Waals surface area contributed by atoms with Gasteiger partial charge in [-0.25, -0.2) is 4.39 Å². The van der Waals surface area contributed by atoms with Crippen LogP contribution in [0.25, 0.3) is 0 Å². The van der Waals surface area contributed by atoms with Gasteiger partial charge in [0.15, 0.2) is 0 Å². The number of nitrogens with zero attached hydrogens (tertiary/aromatic N) is 1. The third-order valence-corrected chi connectivity index (χ3v) is 2.98. The Morgan fingerprint density at radius 1 is 1.39 bits per heavy atom. The molecular weight excluding hydrogens is 231 g/mol. The fourth-order valence-electron chi connectivity index (χ4n) is 2.03. The molecule has 1 aliphatic heterocycles. The van der Waals surface area contributed by atoms with Gasteiger partial charge in [-0.3, -0.25) is 0 Å². The van der Waals surface area contributed by atoms with E-state index < -0.39 is 0 Å². The molecule has 4 heteroatoms. The van der Waals surface area contributed by atoms with E-state index >= 15 is 0 Å². The first kappa shape index (κ1) is 13.1. The maximum Gasteiger partial charge on any atom is 0.146 e. The lowest BCUT2D eigenvalue weighted by Gasteiger charge is -2.29. The summed E-state index contributed by atoms with van der Waals surface area (Å²) in [5, 5.41) is 3.22. The lowest BCUT2D eigenvalue weighted by molar-refractivity contribution is 0.122. The molecule has 0 atom stereocenters. The van der Waals surface area contributed by atoms with Crippen LogP contribution in [0.1, 0.15) is 5.56 Å². The van der Waals surface area contributed by atoms with E-state index in [2.05, 4.69) is 11.9 Å². The van der Waals surface area contributed by atoms with Gasteiger partial charge >= 0.3 is 0 Å². The number of hydrogen-bond donors (Lipinski definition) is 1. The third-order valence-electron chi connectivity index (χ3n) is 2.98. The van der Waals surface area contributed by atoms with Crippen LogP contribution in [0.4, 0.5) is 10.1 Å². The lowest BCUT2D eigenvalue weighted by Crippen LogP contribution is -2.36. The number of halogens is 1. The Morgan fingerprint density at radius 3 is 2.89 bits per heavy atom. The summed E-state index contributed by atoms with van der Waals surface area (Å²) in [4.78, 5) is 2.04. The minimum atomic E-state index is -0.163. The van der Waals surface area contributed by atoms with Crippen LogP contribution in [-0.2, 0) is 11.3 Å². The third kappa shape index (κ3) is 3.31. The van der Waals surface area contributed by atoms with Gasteiger partial charge in [-0.1, -0.05) is 12.1 Å². The smallest absolute Gasteiger partial charge is 0.146 e. The summed E-state index contributed by atoms with van der Waals surface area (Å²) in [6.45, 7) is 7.96. The van der Waals surface area contributed by atoms with Crippen molar-refractivity contribution in [3.8, 4) is 0 Å². The molecule has 0 unspecified atom stereocenters. The molecule has 2 rings (SSSR count). The van der Waals surface area contributed by atoms with Gasteiger partial charge < -0.3 is 15.0 Å². The minimum Gasteiger partial charge on any atom is -0.378 e. The molecule has 0 amide bonds. The van der Waals surface area contributed by atoms with Gasteiger partial charge in [0.25, 0.3) is 0 Å². The van der Waals surface area contributed by atoms with E-state index in [4.69, 9.17) is 4.74 Å². The average Bonchev–Trinajstić information content (AvgIpc) is 2.42. The molecule has 1 aliphatic rings. The van der Waals surface area contributed by atoms with Gasteiger partial charge in [0.2, 0.25) is 0 Å². The number of nitrogens with one attached hydrogen (secondary N) is 1. The molecule has 0 spiro atoms. The number of rotatable bonds is 5. The predicted molar refractivity (Wildman–Crippen MR) is 71.3 cm³/mol. The Bertz CT molecular complexity index is 403. The van der Waals surface area contributed by atoms with Gasteiger partial charge in [0.05, 0.1) is 18.9 Å². The Kier molecular flexibility index (Phi) is 4.73. The van der Waals surface area contributed by atoms with E-state index in [1.807, 2.05) is 23.1 Å². The molecule has 3 nitrogen and oxygen atoms in total. The summed E-state index contributed by atoms with van der Waals surface area (Å²) in [7, 11) is 0. The topological polar surface area (TPSA) is 24.5 Å². The SMILES string of the molecule is C=CCNCc1ccc(F)c(N2CCOCC2)c1. The molecule has 0 bridgehead atoms. The van der Waals surface area contributed by atoms with Crippen molar-refractivity contribution in [1.82, 2.24) is 5.32 Å². The second kappa shape index (κ2) is 6.52. The fourth-order valence-corrected chi connectivity index (χ4v) is 2.03. The lowest BCUT2D eigenvalue weighted by atomic mass is 10.1. The Labute approximate surface area is 107 Å².